The van der Waals surface area contributed by atoms with Crippen LogP contribution in [0.4, 0.5) is 0 Å². The zero-order valence-corrected chi connectivity index (χ0v) is 9.67. The molecule has 0 bridgehead atoms. The first-order valence-electron chi connectivity index (χ1n) is 3.58. The van der Waals surface area contributed by atoms with E-state index in [1.54, 1.807) is 13.0 Å². The molecule has 0 radical (unpaired) electrons. The van der Waals surface area contributed by atoms with Crippen LogP contribution in [-0.4, -0.2) is 8.42 Å². The van der Waals surface area contributed by atoms with Crippen molar-refractivity contribution in [2.45, 2.75) is 23.6 Å². The van der Waals surface area contributed by atoms with Crippen molar-refractivity contribution in [3.8, 4) is 0 Å². The molecule has 0 spiro atoms. The van der Waals surface area contributed by atoms with E-state index in [0.29, 0.717) is 10.5 Å². The van der Waals surface area contributed by atoms with Crippen LogP contribution in [0.25, 0.3) is 0 Å². The van der Waals surface area contributed by atoms with Crippen LogP contribution in [0.5, 0.6) is 0 Å². The second-order valence-electron chi connectivity index (χ2n) is 2.79. The van der Waals surface area contributed by atoms with Gasteiger partial charge in [0.15, 0.2) is 0 Å². The van der Waals surface area contributed by atoms with Crippen molar-refractivity contribution in [1.29, 1.82) is 0 Å². The van der Waals surface area contributed by atoms with Gasteiger partial charge in [0, 0.05) is 15.6 Å². The van der Waals surface area contributed by atoms with E-state index in [0.717, 1.165) is 5.56 Å². The largest absolute Gasteiger partial charge is 0.261 e. The first-order chi connectivity index (χ1) is 5.84. The van der Waals surface area contributed by atoms with Crippen molar-refractivity contribution in [2.75, 3.05) is 0 Å². The summed E-state index contributed by atoms with van der Waals surface area (Å²) in [6.45, 7) is 3.55. The highest BCUT2D eigenvalue weighted by molar-refractivity contribution is 8.13. The van der Waals surface area contributed by atoms with Gasteiger partial charge in [0.25, 0.3) is 9.05 Å². The van der Waals surface area contributed by atoms with Gasteiger partial charge in [-0.2, -0.15) is 0 Å². The van der Waals surface area contributed by atoms with Crippen LogP contribution in [0.1, 0.15) is 11.1 Å². The molecule has 1 rings (SSSR count). The van der Waals surface area contributed by atoms with Crippen molar-refractivity contribution in [3.05, 3.63) is 23.3 Å². The monoisotopic (exact) mass is 236 g/mol. The fraction of sp³-hybridized carbons (Fsp3) is 0.250. The molecule has 0 amide bonds. The van der Waals surface area contributed by atoms with Gasteiger partial charge >= 0.3 is 0 Å². The molecule has 0 atom stereocenters. The summed E-state index contributed by atoms with van der Waals surface area (Å²) < 4.78 is 22.1. The SMILES string of the molecule is Cc1ccc(S(=O)(=O)Cl)c(C)c1S. The number of rotatable bonds is 1. The molecule has 0 unspecified atom stereocenters. The lowest BCUT2D eigenvalue weighted by atomic mass is 10.1. The molecule has 0 aromatic heterocycles. The molecule has 0 saturated carbocycles. The van der Waals surface area contributed by atoms with Gasteiger partial charge in [0.2, 0.25) is 0 Å². The Kier molecular flexibility index (Phi) is 2.95. The third kappa shape index (κ3) is 2.18. The van der Waals surface area contributed by atoms with Crippen molar-refractivity contribution in [1.82, 2.24) is 0 Å². The molecule has 1 aromatic carbocycles. The van der Waals surface area contributed by atoms with Gasteiger partial charge in [-0.05, 0) is 31.0 Å². The van der Waals surface area contributed by atoms with Crippen molar-refractivity contribution in [3.63, 3.8) is 0 Å². The molecule has 2 nitrogen and oxygen atoms in total. The molecule has 0 aliphatic rings. The normalized spacial score (nSPS) is 11.7. The zero-order valence-electron chi connectivity index (χ0n) is 7.20. The minimum Gasteiger partial charge on any atom is -0.207 e. The fourth-order valence-corrected chi connectivity index (χ4v) is 2.55. The van der Waals surface area contributed by atoms with Crippen molar-refractivity contribution < 1.29 is 8.42 Å². The molecule has 13 heavy (non-hydrogen) atoms. The van der Waals surface area contributed by atoms with Gasteiger partial charge in [-0.3, -0.25) is 0 Å². The minimum atomic E-state index is -3.65. The Bertz CT molecular complexity index is 438. The maximum atomic E-state index is 11.0. The Hall–Kier alpha value is -0.190. The number of aryl methyl sites for hydroxylation is 1. The first-order valence-corrected chi connectivity index (χ1v) is 6.33. The molecule has 72 valence electrons. The highest BCUT2D eigenvalue weighted by Gasteiger charge is 2.15. The van der Waals surface area contributed by atoms with Gasteiger partial charge in [0.05, 0.1) is 4.90 Å². The van der Waals surface area contributed by atoms with Crippen LogP contribution in [0.3, 0.4) is 0 Å². The Balaban J connectivity index is 3.53. The molecule has 0 N–H and O–H groups in total. The van der Waals surface area contributed by atoms with E-state index in [1.165, 1.54) is 6.07 Å². The Morgan fingerprint density at radius 1 is 1.31 bits per heavy atom. The summed E-state index contributed by atoms with van der Waals surface area (Å²) in [7, 11) is 1.58. The Labute approximate surface area is 87.7 Å². The smallest absolute Gasteiger partial charge is 0.207 e. The third-order valence-corrected chi connectivity index (χ3v) is 4.00. The summed E-state index contributed by atoms with van der Waals surface area (Å²) in [4.78, 5) is 0.798. The Morgan fingerprint density at radius 2 is 1.85 bits per heavy atom. The van der Waals surface area contributed by atoms with Crippen LogP contribution in [0, 0.1) is 13.8 Å². The van der Waals surface area contributed by atoms with Crippen molar-refractivity contribution >= 4 is 32.4 Å². The standard InChI is InChI=1S/C8H9ClO2S2/c1-5-3-4-7(13(9,10)11)6(2)8(5)12/h3-4,12H,1-2H3. The predicted molar refractivity (Wildman–Crippen MR) is 56.2 cm³/mol. The molecule has 5 heteroatoms. The molecule has 0 aliphatic heterocycles. The summed E-state index contributed by atoms with van der Waals surface area (Å²) in [6.07, 6.45) is 0. The van der Waals surface area contributed by atoms with Crippen LogP contribution in [0.15, 0.2) is 21.9 Å². The molecule has 0 saturated heterocycles. The zero-order chi connectivity index (χ0) is 10.2. The van der Waals surface area contributed by atoms with E-state index < -0.39 is 9.05 Å². The second-order valence-corrected chi connectivity index (χ2v) is 5.77. The van der Waals surface area contributed by atoms with Gasteiger partial charge < -0.3 is 0 Å². The number of thiol groups is 1. The van der Waals surface area contributed by atoms with Crippen molar-refractivity contribution in [2.24, 2.45) is 0 Å². The third-order valence-electron chi connectivity index (χ3n) is 1.85. The minimum absolute atomic E-state index is 0.129. The summed E-state index contributed by atoms with van der Waals surface area (Å²) in [5.41, 5.74) is 1.53. The summed E-state index contributed by atoms with van der Waals surface area (Å²) in [5, 5.41) is 0. The predicted octanol–water partition coefficient (Wildman–Crippen LogP) is 2.52. The lowest BCUT2D eigenvalue weighted by Gasteiger charge is -2.06. The van der Waals surface area contributed by atoms with E-state index in [-0.39, 0.29) is 4.90 Å². The average Bonchev–Trinajstić information content (AvgIpc) is 1.98. The molecule has 0 heterocycles. The number of hydrogen-bond donors (Lipinski definition) is 1. The lowest BCUT2D eigenvalue weighted by molar-refractivity contribution is 0.608. The van der Waals surface area contributed by atoms with E-state index in [4.69, 9.17) is 10.7 Å². The summed E-state index contributed by atoms with van der Waals surface area (Å²) in [5.74, 6) is 0. The number of halogens is 1. The quantitative estimate of drug-likeness (QED) is 0.601. The highest BCUT2D eigenvalue weighted by Crippen LogP contribution is 2.26. The van der Waals surface area contributed by atoms with Gasteiger partial charge in [-0.1, -0.05) is 6.07 Å². The second kappa shape index (κ2) is 3.52. The van der Waals surface area contributed by atoms with E-state index in [1.807, 2.05) is 6.92 Å². The van der Waals surface area contributed by atoms with Gasteiger partial charge in [0.1, 0.15) is 0 Å². The van der Waals surface area contributed by atoms with Crippen LogP contribution < -0.4 is 0 Å². The van der Waals surface area contributed by atoms with E-state index >= 15 is 0 Å². The molecule has 0 aliphatic carbocycles. The first kappa shape index (κ1) is 10.9. The molecular weight excluding hydrogens is 228 g/mol. The fourth-order valence-electron chi connectivity index (χ4n) is 1.08. The Morgan fingerprint density at radius 3 is 2.31 bits per heavy atom. The van der Waals surface area contributed by atoms with Crippen LogP contribution >= 0.6 is 23.3 Å². The number of benzene rings is 1. The van der Waals surface area contributed by atoms with Crippen LogP contribution in [0.2, 0.25) is 0 Å². The highest BCUT2D eigenvalue weighted by atomic mass is 35.7. The molecule has 0 fully saturated rings. The van der Waals surface area contributed by atoms with Gasteiger partial charge in [-0.15, -0.1) is 12.6 Å². The van der Waals surface area contributed by atoms with Gasteiger partial charge in [-0.25, -0.2) is 8.42 Å². The topological polar surface area (TPSA) is 34.1 Å². The maximum Gasteiger partial charge on any atom is 0.261 e. The maximum absolute atomic E-state index is 11.0. The number of hydrogen-bond acceptors (Lipinski definition) is 3. The van der Waals surface area contributed by atoms with E-state index in [2.05, 4.69) is 12.6 Å². The molecule has 1 aromatic rings. The van der Waals surface area contributed by atoms with Crippen LogP contribution in [-0.2, 0) is 9.05 Å². The summed E-state index contributed by atoms with van der Waals surface area (Å²) >= 11 is 4.19. The molecular formula is C8H9ClO2S2. The average molecular weight is 237 g/mol. The summed E-state index contributed by atoms with van der Waals surface area (Å²) in [6, 6.07) is 3.18. The lowest BCUT2D eigenvalue weighted by Crippen LogP contribution is -1.96. The van der Waals surface area contributed by atoms with E-state index in [9.17, 15) is 8.42 Å².